The van der Waals surface area contributed by atoms with Crippen molar-refractivity contribution in [3.63, 3.8) is 0 Å². The lowest BCUT2D eigenvalue weighted by Gasteiger charge is -2.22. The number of aromatic nitrogens is 2. The van der Waals surface area contributed by atoms with Crippen molar-refractivity contribution in [1.82, 2.24) is 20.2 Å². The molecule has 2 aromatic rings. The van der Waals surface area contributed by atoms with Crippen LogP contribution in [0.3, 0.4) is 0 Å². The minimum atomic E-state index is -2.62. The van der Waals surface area contributed by atoms with Crippen molar-refractivity contribution in [3.8, 4) is 5.75 Å². The van der Waals surface area contributed by atoms with Crippen LogP contribution in [0.25, 0.3) is 0 Å². The van der Waals surface area contributed by atoms with Gasteiger partial charge >= 0.3 is 6.55 Å². The van der Waals surface area contributed by atoms with Gasteiger partial charge in [-0.25, -0.2) is 4.98 Å². The summed E-state index contributed by atoms with van der Waals surface area (Å²) in [5.41, 5.74) is 0.946. The molecule has 152 valence electrons. The van der Waals surface area contributed by atoms with Gasteiger partial charge in [-0.05, 0) is 24.6 Å². The van der Waals surface area contributed by atoms with E-state index in [1.54, 1.807) is 20.2 Å². The molecule has 0 saturated carbocycles. The van der Waals surface area contributed by atoms with Crippen molar-refractivity contribution in [2.75, 3.05) is 32.1 Å². The molecule has 0 amide bonds. The third kappa shape index (κ3) is 4.64. The molecule has 0 aliphatic carbocycles. The number of benzene rings is 1. The molecule has 1 aliphatic heterocycles. The number of anilines is 1. The second-order valence-electron chi connectivity index (χ2n) is 6.35. The SMILES string of the molecule is CN=C(NCc1nccn1C(F)F)NC1CCN(c2cc(Cl)ccc2OC)C1. The van der Waals surface area contributed by atoms with Crippen LogP contribution in [0.1, 0.15) is 18.8 Å². The molecule has 1 saturated heterocycles. The molecule has 0 radical (unpaired) electrons. The number of nitrogens with zero attached hydrogens (tertiary/aromatic N) is 4. The van der Waals surface area contributed by atoms with E-state index >= 15 is 0 Å². The van der Waals surface area contributed by atoms with Gasteiger partial charge in [0.25, 0.3) is 0 Å². The Balaban J connectivity index is 1.58. The summed E-state index contributed by atoms with van der Waals surface area (Å²) in [4.78, 5) is 10.3. The number of rotatable bonds is 6. The lowest BCUT2D eigenvalue weighted by Crippen LogP contribution is -2.44. The summed E-state index contributed by atoms with van der Waals surface area (Å²) in [6.07, 6.45) is 3.50. The number of aliphatic imine (C=N–C) groups is 1. The van der Waals surface area contributed by atoms with Gasteiger partial charge in [-0.2, -0.15) is 8.78 Å². The van der Waals surface area contributed by atoms with E-state index in [4.69, 9.17) is 16.3 Å². The molecule has 1 aromatic heterocycles. The second kappa shape index (κ2) is 9.09. The van der Waals surface area contributed by atoms with Crippen molar-refractivity contribution < 1.29 is 13.5 Å². The summed E-state index contributed by atoms with van der Waals surface area (Å²) >= 11 is 6.13. The van der Waals surface area contributed by atoms with Gasteiger partial charge in [0, 0.05) is 43.6 Å². The number of nitrogens with one attached hydrogen (secondary N) is 2. The fourth-order valence-electron chi connectivity index (χ4n) is 3.22. The fourth-order valence-corrected chi connectivity index (χ4v) is 3.38. The fraction of sp³-hybridized carbons (Fsp3) is 0.444. The lowest BCUT2D eigenvalue weighted by atomic mass is 10.2. The Labute approximate surface area is 167 Å². The van der Waals surface area contributed by atoms with Crippen LogP contribution in [0.2, 0.25) is 5.02 Å². The smallest absolute Gasteiger partial charge is 0.319 e. The number of hydrogen-bond donors (Lipinski definition) is 2. The lowest BCUT2D eigenvalue weighted by molar-refractivity contribution is 0.0668. The predicted molar refractivity (Wildman–Crippen MR) is 105 cm³/mol. The van der Waals surface area contributed by atoms with Gasteiger partial charge in [-0.1, -0.05) is 11.6 Å². The largest absolute Gasteiger partial charge is 0.495 e. The van der Waals surface area contributed by atoms with E-state index in [0.29, 0.717) is 11.0 Å². The minimum Gasteiger partial charge on any atom is -0.495 e. The summed E-state index contributed by atoms with van der Waals surface area (Å²) in [6, 6.07) is 5.68. The molecule has 0 spiro atoms. The molecule has 1 unspecified atom stereocenters. The maximum absolute atomic E-state index is 12.9. The standard InChI is InChI=1S/C18H23ClF2N6O/c1-22-18(24-10-16-23-6-8-27(16)17(20)21)25-13-5-7-26(11-13)14-9-12(19)3-4-15(14)28-2/h3-4,6,8-9,13,17H,5,7,10-11H2,1-2H3,(H2,22,24,25). The molecule has 2 heterocycles. The number of imidazole rings is 1. The van der Waals surface area contributed by atoms with Gasteiger partial charge in [-0.3, -0.25) is 9.56 Å². The Morgan fingerprint density at radius 3 is 3.00 bits per heavy atom. The summed E-state index contributed by atoms with van der Waals surface area (Å²) < 4.78 is 32.1. The molecule has 7 nitrogen and oxygen atoms in total. The zero-order chi connectivity index (χ0) is 20.1. The van der Waals surface area contributed by atoms with Crippen molar-refractivity contribution in [1.29, 1.82) is 0 Å². The van der Waals surface area contributed by atoms with E-state index in [9.17, 15) is 8.78 Å². The van der Waals surface area contributed by atoms with Crippen LogP contribution in [0.4, 0.5) is 14.5 Å². The monoisotopic (exact) mass is 412 g/mol. The molecule has 0 bridgehead atoms. The van der Waals surface area contributed by atoms with Crippen molar-refractivity contribution in [2.45, 2.75) is 25.6 Å². The van der Waals surface area contributed by atoms with Crippen LogP contribution in [0.5, 0.6) is 5.75 Å². The summed E-state index contributed by atoms with van der Waals surface area (Å²) in [5, 5.41) is 7.02. The number of ether oxygens (including phenoxy) is 1. The Hall–Kier alpha value is -2.55. The topological polar surface area (TPSA) is 66.7 Å². The second-order valence-corrected chi connectivity index (χ2v) is 6.78. The maximum Gasteiger partial charge on any atom is 0.319 e. The first kappa shape index (κ1) is 20.2. The van der Waals surface area contributed by atoms with E-state index < -0.39 is 6.55 Å². The van der Waals surface area contributed by atoms with Crippen molar-refractivity contribution >= 4 is 23.2 Å². The minimum absolute atomic E-state index is 0.143. The highest BCUT2D eigenvalue weighted by atomic mass is 35.5. The highest BCUT2D eigenvalue weighted by Gasteiger charge is 2.25. The van der Waals surface area contributed by atoms with Crippen LogP contribution in [0, 0.1) is 0 Å². The van der Waals surface area contributed by atoms with Gasteiger partial charge in [0.05, 0.1) is 19.3 Å². The van der Waals surface area contributed by atoms with Gasteiger partial charge in [0.1, 0.15) is 11.6 Å². The third-order valence-electron chi connectivity index (χ3n) is 4.61. The van der Waals surface area contributed by atoms with Gasteiger partial charge in [0.15, 0.2) is 5.96 Å². The average Bonchev–Trinajstić information content (AvgIpc) is 3.34. The van der Waals surface area contributed by atoms with Crippen LogP contribution in [-0.4, -0.2) is 48.8 Å². The molecule has 2 N–H and O–H groups in total. The summed E-state index contributed by atoms with van der Waals surface area (Å²) in [6.45, 7) is -0.898. The summed E-state index contributed by atoms with van der Waals surface area (Å²) in [7, 11) is 3.27. The van der Waals surface area contributed by atoms with Crippen molar-refractivity contribution in [3.05, 3.63) is 41.4 Å². The van der Waals surface area contributed by atoms with E-state index in [-0.39, 0.29) is 18.4 Å². The molecular weight excluding hydrogens is 390 g/mol. The number of methoxy groups -OCH3 is 1. The van der Waals surface area contributed by atoms with Crippen molar-refractivity contribution in [2.24, 2.45) is 4.99 Å². The first-order chi connectivity index (χ1) is 13.5. The Morgan fingerprint density at radius 1 is 1.46 bits per heavy atom. The molecule has 1 aliphatic rings. The van der Waals surface area contributed by atoms with E-state index in [2.05, 4.69) is 25.5 Å². The quantitative estimate of drug-likeness (QED) is 0.564. The third-order valence-corrected chi connectivity index (χ3v) is 4.84. The zero-order valence-electron chi connectivity index (χ0n) is 15.7. The highest BCUT2D eigenvalue weighted by molar-refractivity contribution is 6.30. The molecule has 28 heavy (non-hydrogen) atoms. The van der Waals surface area contributed by atoms with Crippen LogP contribution in [-0.2, 0) is 6.54 Å². The van der Waals surface area contributed by atoms with E-state index in [1.807, 2.05) is 12.1 Å². The Morgan fingerprint density at radius 2 is 2.29 bits per heavy atom. The van der Waals surface area contributed by atoms with Gasteiger partial charge in [-0.15, -0.1) is 0 Å². The first-order valence-corrected chi connectivity index (χ1v) is 9.25. The van der Waals surface area contributed by atoms with Crippen LogP contribution >= 0.6 is 11.6 Å². The van der Waals surface area contributed by atoms with Crippen LogP contribution in [0.15, 0.2) is 35.6 Å². The summed E-state index contributed by atoms with van der Waals surface area (Å²) in [5.74, 6) is 1.55. The molecule has 1 atom stereocenters. The molecular formula is C18H23ClF2N6O. The normalized spacial score (nSPS) is 17.3. The number of hydrogen-bond acceptors (Lipinski definition) is 4. The highest BCUT2D eigenvalue weighted by Crippen LogP contribution is 2.33. The molecule has 10 heteroatoms. The number of guanidine groups is 1. The maximum atomic E-state index is 12.9. The first-order valence-electron chi connectivity index (χ1n) is 8.87. The van der Waals surface area contributed by atoms with Gasteiger partial charge < -0.3 is 20.3 Å². The Bertz CT molecular complexity index is 828. The van der Waals surface area contributed by atoms with Gasteiger partial charge in [0.2, 0.25) is 0 Å². The average molecular weight is 413 g/mol. The van der Waals surface area contributed by atoms with E-state index in [0.717, 1.165) is 35.5 Å². The number of alkyl halides is 2. The predicted octanol–water partition coefficient (Wildman–Crippen LogP) is 2.88. The molecule has 1 fully saturated rings. The van der Waals surface area contributed by atoms with Crippen LogP contribution < -0.4 is 20.3 Å². The molecule has 3 rings (SSSR count). The zero-order valence-corrected chi connectivity index (χ0v) is 16.5. The Kier molecular flexibility index (Phi) is 6.56. The number of halogens is 3. The van der Waals surface area contributed by atoms with E-state index in [1.165, 1.54) is 12.4 Å². The molecule has 1 aromatic carbocycles.